The molecule has 0 unspecified atom stereocenters. The van der Waals surface area contributed by atoms with Crippen molar-refractivity contribution in [3.05, 3.63) is 29.8 Å². The molecule has 1 aromatic rings. The topological polar surface area (TPSA) is 151 Å². The maximum atomic E-state index is 12.8. The molecular weight excluding hydrogens is 468 g/mol. The van der Waals surface area contributed by atoms with E-state index < -0.39 is 46.0 Å². The van der Waals surface area contributed by atoms with E-state index in [1.807, 2.05) is 0 Å². The molecule has 2 aliphatic heterocycles. The van der Waals surface area contributed by atoms with Gasteiger partial charge in [-0.15, -0.1) is 0 Å². The van der Waals surface area contributed by atoms with Crippen LogP contribution in [-0.2, 0) is 29.1 Å². The van der Waals surface area contributed by atoms with Crippen LogP contribution in [0, 0.1) is 0 Å². The van der Waals surface area contributed by atoms with Gasteiger partial charge in [0.25, 0.3) is 11.8 Å². The molecule has 4 amide bonds. The van der Waals surface area contributed by atoms with E-state index in [1.54, 1.807) is 0 Å². The van der Waals surface area contributed by atoms with E-state index in [1.165, 1.54) is 28.6 Å². The summed E-state index contributed by atoms with van der Waals surface area (Å²) in [5.41, 5.74) is 1.13. The molecule has 34 heavy (non-hydrogen) atoms. The van der Waals surface area contributed by atoms with Crippen molar-refractivity contribution in [1.29, 1.82) is 0 Å². The number of carbonyl (C=O) groups is 4. The first-order valence-electron chi connectivity index (χ1n) is 11.0. The van der Waals surface area contributed by atoms with E-state index >= 15 is 0 Å². The summed E-state index contributed by atoms with van der Waals surface area (Å²) in [5.74, 6) is -2.32. The Morgan fingerprint density at radius 3 is 2.53 bits per heavy atom. The van der Waals surface area contributed by atoms with Crippen molar-refractivity contribution < 1.29 is 37.1 Å². The molecule has 2 heterocycles. The van der Waals surface area contributed by atoms with Crippen LogP contribution in [0.4, 0.5) is 4.79 Å². The maximum absolute atomic E-state index is 12.8. The highest BCUT2D eigenvalue weighted by Gasteiger charge is 2.52. The summed E-state index contributed by atoms with van der Waals surface area (Å²) < 4.78 is 37.0. The lowest BCUT2D eigenvalue weighted by Crippen LogP contribution is -2.51. The van der Waals surface area contributed by atoms with Crippen LogP contribution in [0.3, 0.4) is 0 Å². The molecule has 12 nitrogen and oxygen atoms in total. The lowest BCUT2D eigenvalue weighted by atomic mass is 9.82. The van der Waals surface area contributed by atoms with Crippen molar-refractivity contribution in [1.82, 2.24) is 20.1 Å². The predicted molar refractivity (Wildman–Crippen MR) is 116 cm³/mol. The average molecular weight is 495 g/mol. The van der Waals surface area contributed by atoms with Gasteiger partial charge < -0.3 is 14.8 Å². The van der Waals surface area contributed by atoms with Gasteiger partial charge in [-0.3, -0.25) is 15.0 Å². The molecule has 0 radical (unpaired) electrons. The van der Waals surface area contributed by atoms with Gasteiger partial charge in [0.1, 0.15) is 5.54 Å². The van der Waals surface area contributed by atoms with Gasteiger partial charge >= 0.3 is 12.0 Å². The standard InChI is InChI=1S/C21H26N4O8S/c26-17(23-25-19(28)21(22-20(25)29)7-2-1-3-8-21)14-33-18(27)15-5-4-6-16(13-15)34(30,31)24-9-11-32-12-10-24/h4-6,13H,1-3,7-12,14H2,(H,22,29)(H,23,26). The minimum atomic E-state index is -3.81. The number of amides is 4. The zero-order valence-electron chi connectivity index (χ0n) is 18.4. The number of imide groups is 1. The lowest BCUT2D eigenvalue weighted by molar-refractivity contribution is -0.140. The van der Waals surface area contributed by atoms with Crippen molar-refractivity contribution in [2.45, 2.75) is 42.5 Å². The molecule has 3 aliphatic rings. The number of ether oxygens (including phenoxy) is 2. The monoisotopic (exact) mass is 494 g/mol. The minimum absolute atomic E-state index is 0.0571. The minimum Gasteiger partial charge on any atom is -0.452 e. The highest BCUT2D eigenvalue weighted by atomic mass is 32.2. The summed E-state index contributed by atoms with van der Waals surface area (Å²) in [6, 6.07) is 4.58. The molecule has 0 bridgehead atoms. The number of nitrogens with zero attached hydrogens (tertiary/aromatic N) is 2. The first kappa shape index (κ1) is 24.1. The molecule has 184 valence electrons. The quantitative estimate of drug-likeness (QED) is 0.419. The van der Waals surface area contributed by atoms with Crippen molar-refractivity contribution >= 4 is 33.8 Å². The first-order chi connectivity index (χ1) is 16.2. The number of hydrazine groups is 1. The maximum Gasteiger partial charge on any atom is 0.344 e. The zero-order valence-corrected chi connectivity index (χ0v) is 19.3. The lowest BCUT2D eigenvalue weighted by Gasteiger charge is -2.30. The Balaban J connectivity index is 1.35. The molecule has 0 atom stereocenters. The Kier molecular flexibility index (Phi) is 6.86. The largest absolute Gasteiger partial charge is 0.452 e. The van der Waals surface area contributed by atoms with Gasteiger partial charge in [-0.1, -0.05) is 25.3 Å². The van der Waals surface area contributed by atoms with Gasteiger partial charge in [-0.05, 0) is 31.0 Å². The van der Waals surface area contributed by atoms with Crippen LogP contribution in [0.1, 0.15) is 42.5 Å². The van der Waals surface area contributed by atoms with Crippen molar-refractivity contribution in [2.24, 2.45) is 0 Å². The molecule has 13 heteroatoms. The second kappa shape index (κ2) is 9.68. The van der Waals surface area contributed by atoms with E-state index in [0.29, 0.717) is 17.9 Å². The molecule has 2 N–H and O–H groups in total. The van der Waals surface area contributed by atoms with Gasteiger partial charge in [-0.25, -0.2) is 18.0 Å². The van der Waals surface area contributed by atoms with E-state index in [9.17, 15) is 27.6 Å². The van der Waals surface area contributed by atoms with Crippen molar-refractivity contribution in [3.63, 3.8) is 0 Å². The van der Waals surface area contributed by atoms with Crippen LogP contribution in [0.15, 0.2) is 29.2 Å². The fourth-order valence-corrected chi connectivity index (χ4v) is 5.76. The van der Waals surface area contributed by atoms with E-state index in [0.717, 1.165) is 19.3 Å². The van der Waals surface area contributed by atoms with Crippen LogP contribution in [0.25, 0.3) is 0 Å². The summed E-state index contributed by atoms with van der Waals surface area (Å²) in [5, 5.41) is 3.28. The molecule has 1 saturated carbocycles. The number of carbonyl (C=O) groups excluding carboxylic acids is 4. The smallest absolute Gasteiger partial charge is 0.344 e. The summed E-state index contributed by atoms with van der Waals surface area (Å²) in [6.07, 6.45) is 3.57. The Hall–Kier alpha value is -3.03. The summed E-state index contributed by atoms with van der Waals surface area (Å²) >= 11 is 0. The van der Waals surface area contributed by atoms with Crippen molar-refractivity contribution in [3.8, 4) is 0 Å². The van der Waals surface area contributed by atoms with Gasteiger partial charge in [0.15, 0.2) is 6.61 Å². The first-order valence-corrected chi connectivity index (χ1v) is 12.5. The third-order valence-corrected chi connectivity index (χ3v) is 8.01. The number of esters is 1. The van der Waals surface area contributed by atoms with E-state index in [4.69, 9.17) is 9.47 Å². The number of nitrogens with one attached hydrogen (secondary N) is 2. The van der Waals surface area contributed by atoms with Gasteiger partial charge in [-0.2, -0.15) is 9.31 Å². The molecular formula is C21H26N4O8S. The van der Waals surface area contributed by atoms with E-state index in [-0.39, 0.29) is 36.8 Å². The number of hydrogen-bond donors (Lipinski definition) is 2. The molecule has 0 aromatic heterocycles. The Morgan fingerprint density at radius 1 is 1.12 bits per heavy atom. The number of rotatable bonds is 6. The summed E-state index contributed by atoms with van der Waals surface area (Å²) in [4.78, 5) is 49.5. The third-order valence-electron chi connectivity index (χ3n) is 6.12. The molecule has 1 aromatic carbocycles. The molecule has 2 saturated heterocycles. The fourth-order valence-electron chi connectivity index (χ4n) is 4.31. The van der Waals surface area contributed by atoms with Crippen LogP contribution in [0.5, 0.6) is 0 Å². The highest BCUT2D eigenvalue weighted by molar-refractivity contribution is 7.89. The number of benzene rings is 1. The fraction of sp³-hybridized carbons (Fsp3) is 0.524. The molecule has 4 rings (SSSR count). The zero-order chi connectivity index (χ0) is 24.3. The highest BCUT2D eigenvalue weighted by Crippen LogP contribution is 2.33. The van der Waals surface area contributed by atoms with Gasteiger partial charge in [0.05, 0.1) is 23.7 Å². The number of hydrogen-bond acceptors (Lipinski definition) is 8. The van der Waals surface area contributed by atoms with Crippen LogP contribution < -0.4 is 10.7 Å². The summed E-state index contributed by atoms with van der Waals surface area (Å²) in [7, 11) is -3.81. The molecule has 3 fully saturated rings. The number of sulfonamides is 1. The normalized spacial score (nSPS) is 20.8. The van der Waals surface area contributed by atoms with Gasteiger partial charge in [0.2, 0.25) is 10.0 Å². The Morgan fingerprint density at radius 2 is 1.82 bits per heavy atom. The Bertz CT molecular complexity index is 1090. The van der Waals surface area contributed by atoms with Crippen molar-refractivity contribution in [2.75, 3.05) is 32.9 Å². The SMILES string of the molecule is O=C(COC(=O)c1cccc(S(=O)(=O)N2CCOCC2)c1)NN1C(=O)NC2(CCCCC2)C1=O. The third kappa shape index (κ3) is 4.76. The summed E-state index contributed by atoms with van der Waals surface area (Å²) in [6.45, 7) is 0.231. The van der Waals surface area contributed by atoms with Crippen LogP contribution >= 0.6 is 0 Å². The van der Waals surface area contributed by atoms with Crippen LogP contribution in [-0.4, -0.2) is 80.0 Å². The van der Waals surface area contributed by atoms with Crippen LogP contribution in [0.2, 0.25) is 0 Å². The number of morpholine rings is 1. The molecule has 1 aliphatic carbocycles. The molecule has 1 spiro atoms. The Labute approximate surface area is 196 Å². The van der Waals surface area contributed by atoms with Gasteiger partial charge in [0, 0.05) is 13.1 Å². The second-order valence-corrected chi connectivity index (χ2v) is 10.3. The second-order valence-electron chi connectivity index (χ2n) is 8.37. The number of urea groups is 1. The average Bonchev–Trinajstić information content (AvgIpc) is 3.07. The predicted octanol–water partition coefficient (Wildman–Crippen LogP) is 0.150. The van der Waals surface area contributed by atoms with E-state index in [2.05, 4.69) is 10.7 Å².